The van der Waals surface area contributed by atoms with Crippen molar-refractivity contribution in [1.82, 2.24) is 10.3 Å². The number of fused-ring (bicyclic) bond motifs is 2. The lowest BCUT2D eigenvalue weighted by atomic mass is 10.0. The molecule has 2 saturated heterocycles. The van der Waals surface area contributed by atoms with Gasteiger partial charge in [0.1, 0.15) is 11.6 Å². The third-order valence-corrected chi connectivity index (χ3v) is 4.42. The summed E-state index contributed by atoms with van der Waals surface area (Å²) in [5.41, 5.74) is 0. The van der Waals surface area contributed by atoms with Gasteiger partial charge >= 0.3 is 0 Å². The molecule has 0 spiro atoms. The van der Waals surface area contributed by atoms with E-state index in [-0.39, 0.29) is 0 Å². The lowest BCUT2D eigenvalue weighted by Gasteiger charge is -2.20. The number of hydrogen-bond acceptors (Lipinski definition) is 4. The molecular weight excluding hydrogens is 238 g/mol. The van der Waals surface area contributed by atoms with Crippen LogP contribution in [0.5, 0.6) is 5.75 Å². The first kappa shape index (κ1) is 11.1. The number of aromatic nitrogens is 1. The predicted octanol–water partition coefficient (Wildman–Crippen LogP) is 1.60. The number of nitrogens with zero attached hydrogens (tertiary/aromatic N) is 2. The number of phenolic OH excluding ortho intramolecular Hbond substituents is 1. The van der Waals surface area contributed by atoms with Crippen molar-refractivity contribution in [2.24, 2.45) is 11.8 Å². The number of rotatable bonds is 1. The number of phenols is 1. The van der Waals surface area contributed by atoms with Crippen molar-refractivity contribution in [1.29, 1.82) is 0 Å². The van der Waals surface area contributed by atoms with Crippen molar-refractivity contribution in [3.63, 3.8) is 0 Å². The number of pyridine rings is 1. The van der Waals surface area contributed by atoms with E-state index in [4.69, 9.17) is 0 Å². The van der Waals surface area contributed by atoms with Crippen LogP contribution in [-0.4, -0.2) is 36.3 Å². The smallest absolute Gasteiger partial charge is 0.136 e. The summed E-state index contributed by atoms with van der Waals surface area (Å²) < 4.78 is 0. The van der Waals surface area contributed by atoms with Crippen molar-refractivity contribution in [2.75, 3.05) is 31.1 Å². The molecule has 19 heavy (non-hydrogen) atoms. The summed E-state index contributed by atoms with van der Waals surface area (Å²) in [5, 5.41) is 15.3. The fraction of sp³-hybridized carbons (Fsp3) is 0.400. The standard InChI is InChI=1S/C15H17N3O/c19-13-2-1-10-3-4-17-15(14(10)5-13)18-8-11-6-16-7-12(11)9-18/h1-5,11-12,16,19H,6-9H2. The molecule has 0 saturated carbocycles. The van der Waals surface area contributed by atoms with E-state index in [1.54, 1.807) is 6.07 Å². The van der Waals surface area contributed by atoms with E-state index in [2.05, 4.69) is 15.2 Å². The minimum absolute atomic E-state index is 0.308. The Balaban J connectivity index is 1.77. The zero-order chi connectivity index (χ0) is 12.8. The highest BCUT2D eigenvalue weighted by atomic mass is 16.3. The number of anilines is 1. The van der Waals surface area contributed by atoms with Gasteiger partial charge in [0.05, 0.1) is 0 Å². The fourth-order valence-corrected chi connectivity index (χ4v) is 3.42. The largest absolute Gasteiger partial charge is 0.508 e. The Labute approximate surface area is 112 Å². The van der Waals surface area contributed by atoms with Gasteiger partial charge in [-0.1, -0.05) is 6.07 Å². The van der Waals surface area contributed by atoms with Gasteiger partial charge in [0.25, 0.3) is 0 Å². The maximum atomic E-state index is 9.70. The van der Waals surface area contributed by atoms with E-state index < -0.39 is 0 Å². The van der Waals surface area contributed by atoms with Crippen LogP contribution in [0.3, 0.4) is 0 Å². The molecule has 2 N–H and O–H groups in total. The molecule has 0 aliphatic carbocycles. The van der Waals surface area contributed by atoms with E-state index in [0.717, 1.165) is 54.6 Å². The molecule has 4 heteroatoms. The van der Waals surface area contributed by atoms with Gasteiger partial charge in [0, 0.05) is 37.8 Å². The van der Waals surface area contributed by atoms with Crippen LogP contribution >= 0.6 is 0 Å². The van der Waals surface area contributed by atoms with E-state index >= 15 is 0 Å². The van der Waals surface area contributed by atoms with E-state index in [0.29, 0.717) is 5.75 Å². The molecule has 1 aromatic heterocycles. The molecule has 3 heterocycles. The lowest BCUT2D eigenvalue weighted by Crippen LogP contribution is -2.26. The molecule has 2 aromatic rings. The molecule has 2 unspecified atom stereocenters. The molecule has 2 aliphatic rings. The second-order valence-corrected chi connectivity index (χ2v) is 5.62. The minimum Gasteiger partial charge on any atom is -0.508 e. The monoisotopic (exact) mass is 255 g/mol. The second kappa shape index (κ2) is 4.10. The molecule has 2 fully saturated rings. The first-order valence-electron chi connectivity index (χ1n) is 6.84. The molecule has 1 aromatic carbocycles. The molecule has 0 bridgehead atoms. The zero-order valence-corrected chi connectivity index (χ0v) is 10.7. The highest BCUT2D eigenvalue weighted by Crippen LogP contribution is 2.34. The molecule has 98 valence electrons. The first-order chi connectivity index (χ1) is 9.31. The predicted molar refractivity (Wildman–Crippen MR) is 75.5 cm³/mol. The Morgan fingerprint density at radius 3 is 2.74 bits per heavy atom. The zero-order valence-electron chi connectivity index (χ0n) is 10.7. The third-order valence-electron chi connectivity index (χ3n) is 4.42. The summed E-state index contributed by atoms with van der Waals surface area (Å²) in [6, 6.07) is 7.50. The summed E-state index contributed by atoms with van der Waals surface area (Å²) in [6.07, 6.45) is 1.86. The van der Waals surface area contributed by atoms with Gasteiger partial charge in [-0.25, -0.2) is 4.98 Å². The topological polar surface area (TPSA) is 48.4 Å². The quantitative estimate of drug-likeness (QED) is 0.812. The van der Waals surface area contributed by atoms with Gasteiger partial charge < -0.3 is 15.3 Å². The van der Waals surface area contributed by atoms with Crippen LogP contribution in [0.15, 0.2) is 30.5 Å². The summed E-state index contributed by atoms with van der Waals surface area (Å²) in [5.74, 6) is 2.81. The van der Waals surface area contributed by atoms with Crippen LogP contribution in [0, 0.1) is 11.8 Å². The van der Waals surface area contributed by atoms with Gasteiger partial charge in [-0.15, -0.1) is 0 Å². The third kappa shape index (κ3) is 1.75. The number of aromatic hydroxyl groups is 1. The Hall–Kier alpha value is -1.81. The molecule has 2 aliphatic heterocycles. The molecule has 4 nitrogen and oxygen atoms in total. The van der Waals surface area contributed by atoms with Crippen molar-refractivity contribution in [2.45, 2.75) is 0 Å². The molecule has 2 atom stereocenters. The number of hydrogen-bond donors (Lipinski definition) is 2. The summed E-state index contributed by atoms with van der Waals surface area (Å²) >= 11 is 0. The summed E-state index contributed by atoms with van der Waals surface area (Å²) in [6.45, 7) is 4.38. The average molecular weight is 255 g/mol. The van der Waals surface area contributed by atoms with Crippen LogP contribution in [0.1, 0.15) is 0 Å². The van der Waals surface area contributed by atoms with Crippen molar-refractivity contribution in [3.8, 4) is 5.75 Å². The lowest BCUT2D eigenvalue weighted by molar-refractivity contribution is 0.476. The number of benzene rings is 1. The molecule has 0 amide bonds. The van der Waals surface area contributed by atoms with Crippen LogP contribution in [-0.2, 0) is 0 Å². The molecule has 4 rings (SSSR count). The first-order valence-corrected chi connectivity index (χ1v) is 6.84. The van der Waals surface area contributed by atoms with E-state index in [9.17, 15) is 5.11 Å². The van der Waals surface area contributed by atoms with Crippen LogP contribution in [0.2, 0.25) is 0 Å². The van der Waals surface area contributed by atoms with Crippen molar-refractivity contribution < 1.29 is 5.11 Å². The SMILES string of the molecule is Oc1ccc2ccnc(N3CC4CNCC4C3)c2c1. The van der Waals surface area contributed by atoms with Gasteiger partial charge in [-0.3, -0.25) is 0 Å². The average Bonchev–Trinajstić information content (AvgIpc) is 2.98. The van der Waals surface area contributed by atoms with Gasteiger partial charge in [-0.05, 0) is 35.4 Å². The van der Waals surface area contributed by atoms with Gasteiger partial charge in [-0.2, -0.15) is 0 Å². The van der Waals surface area contributed by atoms with Gasteiger partial charge in [0.15, 0.2) is 0 Å². The maximum absolute atomic E-state index is 9.70. The normalized spacial score (nSPS) is 26.0. The summed E-state index contributed by atoms with van der Waals surface area (Å²) in [7, 11) is 0. The fourth-order valence-electron chi connectivity index (χ4n) is 3.42. The Morgan fingerprint density at radius 1 is 1.16 bits per heavy atom. The van der Waals surface area contributed by atoms with Crippen LogP contribution < -0.4 is 10.2 Å². The molecular formula is C15H17N3O. The molecule has 0 radical (unpaired) electrons. The van der Waals surface area contributed by atoms with Crippen molar-refractivity contribution >= 4 is 16.6 Å². The van der Waals surface area contributed by atoms with E-state index in [1.165, 1.54) is 0 Å². The Bertz CT molecular complexity index is 616. The van der Waals surface area contributed by atoms with Gasteiger partial charge in [0.2, 0.25) is 0 Å². The van der Waals surface area contributed by atoms with E-state index in [1.807, 2.05) is 24.4 Å². The minimum atomic E-state index is 0.308. The highest BCUT2D eigenvalue weighted by molar-refractivity contribution is 5.93. The Kier molecular flexibility index (Phi) is 2.38. The Morgan fingerprint density at radius 2 is 1.95 bits per heavy atom. The maximum Gasteiger partial charge on any atom is 0.136 e. The second-order valence-electron chi connectivity index (χ2n) is 5.62. The summed E-state index contributed by atoms with van der Waals surface area (Å²) in [4.78, 5) is 6.92. The van der Waals surface area contributed by atoms with Crippen LogP contribution in [0.25, 0.3) is 10.8 Å². The number of nitrogens with one attached hydrogen (secondary N) is 1. The van der Waals surface area contributed by atoms with Crippen molar-refractivity contribution in [3.05, 3.63) is 30.5 Å². The highest BCUT2D eigenvalue weighted by Gasteiger charge is 2.36. The van der Waals surface area contributed by atoms with Crippen LogP contribution in [0.4, 0.5) is 5.82 Å².